The van der Waals surface area contributed by atoms with E-state index in [4.69, 9.17) is 4.74 Å². The van der Waals surface area contributed by atoms with Crippen molar-refractivity contribution in [1.82, 2.24) is 0 Å². The minimum Gasteiger partial charge on any atom is -0.504 e. The number of phenols is 1. The SMILES string of the molecule is Oc1cc(-c2ccc(OC(F)(F)F)cc2)ccc1Oc1ccc(OC(F)(F)F)cc1. The number of ether oxygens (including phenoxy) is 3. The molecule has 10 heteroatoms. The molecule has 0 aromatic heterocycles. The summed E-state index contributed by atoms with van der Waals surface area (Å²) in [7, 11) is 0. The zero-order valence-electron chi connectivity index (χ0n) is 14.8. The molecule has 3 aromatic carbocycles. The molecule has 0 aliphatic rings. The molecule has 0 heterocycles. The Kier molecular flexibility index (Phi) is 5.68. The topological polar surface area (TPSA) is 47.9 Å². The Labute approximate surface area is 165 Å². The largest absolute Gasteiger partial charge is 0.573 e. The van der Waals surface area contributed by atoms with E-state index < -0.39 is 18.5 Å². The highest BCUT2D eigenvalue weighted by Crippen LogP contribution is 2.36. The minimum absolute atomic E-state index is 0.0280. The van der Waals surface area contributed by atoms with Crippen LogP contribution in [-0.2, 0) is 0 Å². The number of rotatable bonds is 5. The Morgan fingerprint density at radius 1 is 0.567 bits per heavy atom. The monoisotopic (exact) mass is 430 g/mol. The van der Waals surface area contributed by atoms with E-state index in [1.165, 1.54) is 36.4 Å². The van der Waals surface area contributed by atoms with Crippen LogP contribution >= 0.6 is 0 Å². The normalized spacial score (nSPS) is 11.8. The van der Waals surface area contributed by atoms with Gasteiger partial charge >= 0.3 is 12.7 Å². The van der Waals surface area contributed by atoms with Gasteiger partial charge in [0.2, 0.25) is 0 Å². The Morgan fingerprint density at radius 3 is 1.47 bits per heavy atom. The molecule has 30 heavy (non-hydrogen) atoms. The molecule has 0 fully saturated rings. The molecule has 4 nitrogen and oxygen atoms in total. The Hall–Kier alpha value is -3.56. The van der Waals surface area contributed by atoms with Crippen LogP contribution in [0.25, 0.3) is 11.1 Å². The van der Waals surface area contributed by atoms with Gasteiger partial charge in [-0.15, -0.1) is 26.3 Å². The van der Waals surface area contributed by atoms with E-state index in [-0.39, 0.29) is 23.0 Å². The fourth-order valence-electron chi connectivity index (χ4n) is 2.47. The smallest absolute Gasteiger partial charge is 0.504 e. The van der Waals surface area contributed by atoms with E-state index in [0.717, 1.165) is 24.3 Å². The fourth-order valence-corrected chi connectivity index (χ4v) is 2.47. The number of hydrogen-bond donors (Lipinski definition) is 1. The maximum Gasteiger partial charge on any atom is 0.573 e. The predicted molar refractivity (Wildman–Crippen MR) is 93.4 cm³/mol. The summed E-state index contributed by atoms with van der Waals surface area (Å²) in [5, 5.41) is 10.2. The minimum atomic E-state index is -4.81. The van der Waals surface area contributed by atoms with Crippen molar-refractivity contribution in [3.8, 4) is 39.9 Å². The van der Waals surface area contributed by atoms with Crippen LogP contribution in [0.5, 0.6) is 28.7 Å². The van der Waals surface area contributed by atoms with Gasteiger partial charge in [-0.05, 0) is 59.7 Å². The zero-order chi connectivity index (χ0) is 21.9. The summed E-state index contributed by atoms with van der Waals surface area (Å²) < 4.78 is 86.1. The lowest BCUT2D eigenvalue weighted by molar-refractivity contribution is -0.275. The summed E-state index contributed by atoms with van der Waals surface area (Å²) in [6, 6.07) is 13.9. The Bertz CT molecular complexity index is 996. The zero-order valence-corrected chi connectivity index (χ0v) is 14.8. The van der Waals surface area contributed by atoms with Crippen molar-refractivity contribution >= 4 is 0 Å². The van der Waals surface area contributed by atoms with Gasteiger partial charge in [0.1, 0.15) is 17.2 Å². The van der Waals surface area contributed by atoms with Gasteiger partial charge in [0.15, 0.2) is 11.5 Å². The van der Waals surface area contributed by atoms with E-state index in [2.05, 4.69) is 9.47 Å². The average molecular weight is 430 g/mol. The lowest BCUT2D eigenvalue weighted by Crippen LogP contribution is -2.16. The van der Waals surface area contributed by atoms with Gasteiger partial charge < -0.3 is 19.3 Å². The van der Waals surface area contributed by atoms with Crippen LogP contribution in [0.4, 0.5) is 26.3 Å². The predicted octanol–water partition coefficient (Wildman–Crippen LogP) is 6.65. The number of halogens is 6. The van der Waals surface area contributed by atoms with E-state index >= 15 is 0 Å². The van der Waals surface area contributed by atoms with Gasteiger partial charge in [-0.25, -0.2) is 0 Å². The molecule has 0 saturated carbocycles. The third kappa shape index (κ3) is 5.97. The first-order valence-electron chi connectivity index (χ1n) is 8.21. The highest BCUT2D eigenvalue weighted by atomic mass is 19.4. The van der Waals surface area contributed by atoms with Gasteiger partial charge in [0.05, 0.1) is 0 Å². The lowest BCUT2D eigenvalue weighted by Gasteiger charge is -2.12. The van der Waals surface area contributed by atoms with Crippen LogP contribution < -0.4 is 14.2 Å². The van der Waals surface area contributed by atoms with Gasteiger partial charge in [-0.1, -0.05) is 18.2 Å². The van der Waals surface area contributed by atoms with Crippen molar-refractivity contribution in [2.45, 2.75) is 12.7 Å². The highest BCUT2D eigenvalue weighted by Gasteiger charge is 2.31. The van der Waals surface area contributed by atoms with Gasteiger partial charge in [0.25, 0.3) is 0 Å². The third-order valence-corrected chi connectivity index (χ3v) is 3.67. The van der Waals surface area contributed by atoms with E-state index in [1.54, 1.807) is 6.07 Å². The Balaban J connectivity index is 1.71. The van der Waals surface area contributed by atoms with Crippen molar-refractivity contribution in [3.05, 3.63) is 66.7 Å². The highest BCUT2D eigenvalue weighted by molar-refractivity contribution is 5.67. The summed E-state index contributed by atoms with van der Waals surface area (Å²) in [5.74, 6) is -0.902. The summed E-state index contributed by atoms with van der Waals surface area (Å²) in [6.07, 6.45) is -9.61. The molecule has 3 aromatic rings. The van der Waals surface area contributed by atoms with Crippen molar-refractivity contribution in [1.29, 1.82) is 0 Å². The first kappa shape index (κ1) is 21.2. The lowest BCUT2D eigenvalue weighted by atomic mass is 10.1. The maximum atomic E-state index is 12.2. The molecule has 0 aliphatic heterocycles. The molecule has 0 spiro atoms. The van der Waals surface area contributed by atoms with Gasteiger partial charge in [-0.3, -0.25) is 0 Å². The first-order chi connectivity index (χ1) is 14.0. The van der Waals surface area contributed by atoms with Crippen LogP contribution in [0.1, 0.15) is 0 Å². The molecule has 0 atom stereocenters. The number of benzene rings is 3. The number of phenolic OH excluding ortho intramolecular Hbond substituents is 1. The molecular formula is C20H12F6O4. The number of hydrogen-bond acceptors (Lipinski definition) is 4. The first-order valence-corrected chi connectivity index (χ1v) is 8.21. The van der Waals surface area contributed by atoms with Crippen molar-refractivity contribution in [2.24, 2.45) is 0 Å². The number of aromatic hydroxyl groups is 1. The second kappa shape index (κ2) is 8.05. The van der Waals surface area contributed by atoms with Crippen LogP contribution in [0.3, 0.4) is 0 Å². The average Bonchev–Trinajstić information content (AvgIpc) is 2.63. The second-order valence-electron chi connectivity index (χ2n) is 5.88. The summed E-state index contributed by atoms with van der Waals surface area (Å²) in [4.78, 5) is 0. The van der Waals surface area contributed by atoms with Gasteiger partial charge in [0, 0.05) is 0 Å². The van der Waals surface area contributed by atoms with E-state index in [0.29, 0.717) is 11.1 Å². The third-order valence-electron chi connectivity index (χ3n) is 3.67. The molecule has 0 radical (unpaired) electrons. The molecule has 1 N–H and O–H groups in total. The van der Waals surface area contributed by atoms with Crippen LogP contribution in [0, 0.1) is 0 Å². The molecule has 3 rings (SSSR count). The summed E-state index contributed by atoms with van der Waals surface area (Å²) >= 11 is 0. The van der Waals surface area contributed by atoms with Crippen LogP contribution in [-0.4, -0.2) is 17.8 Å². The van der Waals surface area contributed by atoms with Crippen molar-refractivity contribution in [2.75, 3.05) is 0 Å². The molecule has 0 aliphatic carbocycles. The maximum absolute atomic E-state index is 12.2. The van der Waals surface area contributed by atoms with Crippen molar-refractivity contribution in [3.63, 3.8) is 0 Å². The molecule has 0 amide bonds. The van der Waals surface area contributed by atoms with Crippen molar-refractivity contribution < 1.29 is 45.7 Å². The van der Waals surface area contributed by atoms with Crippen LogP contribution in [0.15, 0.2) is 66.7 Å². The van der Waals surface area contributed by atoms with Gasteiger partial charge in [-0.2, -0.15) is 0 Å². The molecule has 0 saturated heterocycles. The molecule has 158 valence electrons. The fraction of sp³-hybridized carbons (Fsp3) is 0.100. The Morgan fingerprint density at radius 2 is 1.00 bits per heavy atom. The molecule has 0 unspecified atom stereocenters. The molecular weight excluding hydrogens is 418 g/mol. The second-order valence-corrected chi connectivity index (χ2v) is 5.88. The van der Waals surface area contributed by atoms with Crippen LogP contribution in [0.2, 0.25) is 0 Å². The quantitative estimate of drug-likeness (QED) is 0.461. The van der Waals surface area contributed by atoms with E-state index in [9.17, 15) is 31.4 Å². The molecule has 0 bridgehead atoms. The standard InChI is InChI=1S/C20H12F6O4/c21-19(22,23)29-15-4-1-12(2-5-15)13-3-10-18(17(27)11-13)28-14-6-8-16(9-7-14)30-20(24,25)26/h1-11,27H. The van der Waals surface area contributed by atoms with E-state index in [1.807, 2.05) is 0 Å². The summed E-state index contributed by atoms with van der Waals surface area (Å²) in [6.45, 7) is 0. The number of alkyl halides is 6. The summed E-state index contributed by atoms with van der Waals surface area (Å²) in [5.41, 5.74) is 1.01.